The molecule has 0 spiro atoms. The van der Waals surface area contributed by atoms with Crippen molar-refractivity contribution in [1.82, 2.24) is 0 Å². The maximum Gasteiger partial charge on any atom is 0.338 e. The van der Waals surface area contributed by atoms with Gasteiger partial charge in [-0.3, -0.25) is 0 Å². The van der Waals surface area contributed by atoms with E-state index in [1.165, 1.54) is 6.92 Å². The van der Waals surface area contributed by atoms with Crippen LogP contribution in [0.2, 0.25) is 0 Å². The molecule has 1 rings (SSSR count). The van der Waals surface area contributed by atoms with Crippen LogP contribution in [0.15, 0.2) is 6.07 Å². The molecular formula is C8H5F2IO2. The van der Waals surface area contributed by atoms with Gasteiger partial charge in [-0.25, -0.2) is 13.6 Å². The van der Waals surface area contributed by atoms with Crippen LogP contribution in [0.25, 0.3) is 0 Å². The van der Waals surface area contributed by atoms with Crippen LogP contribution >= 0.6 is 22.6 Å². The van der Waals surface area contributed by atoms with Gasteiger partial charge in [-0.15, -0.1) is 0 Å². The van der Waals surface area contributed by atoms with Crippen molar-refractivity contribution in [2.75, 3.05) is 0 Å². The summed E-state index contributed by atoms with van der Waals surface area (Å²) in [6.45, 7) is 1.34. The number of carboxylic acids is 1. The van der Waals surface area contributed by atoms with E-state index in [-0.39, 0.29) is 9.13 Å². The molecule has 1 N–H and O–H groups in total. The van der Waals surface area contributed by atoms with Crippen LogP contribution < -0.4 is 0 Å². The van der Waals surface area contributed by atoms with E-state index in [1.807, 2.05) is 0 Å². The van der Waals surface area contributed by atoms with E-state index < -0.39 is 23.2 Å². The van der Waals surface area contributed by atoms with Crippen molar-refractivity contribution in [2.24, 2.45) is 0 Å². The second-order valence-electron chi connectivity index (χ2n) is 2.46. The number of carbonyl (C=O) groups is 1. The molecule has 0 amide bonds. The number of aromatic carboxylic acids is 1. The summed E-state index contributed by atoms with van der Waals surface area (Å²) >= 11 is 1.63. The molecule has 0 aliphatic carbocycles. The number of hydrogen-bond donors (Lipinski definition) is 1. The summed E-state index contributed by atoms with van der Waals surface area (Å²) in [5, 5.41) is 8.50. The maximum absolute atomic E-state index is 13.1. The van der Waals surface area contributed by atoms with Crippen LogP contribution in [-0.2, 0) is 0 Å². The molecule has 5 heteroatoms. The van der Waals surface area contributed by atoms with Crippen molar-refractivity contribution < 1.29 is 18.7 Å². The topological polar surface area (TPSA) is 37.3 Å². The Hall–Kier alpha value is -0.720. The minimum absolute atomic E-state index is 0.0259. The van der Waals surface area contributed by atoms with Crippen LogP contribution in [-0.4, -0.2) is 11.1 Å². The number of rotatable bonds is 1. The van der Waals surface area contributed by atoms with E-state index in [1.54, 1.807) is 22.6 Å². The summed E-state index contributed by atoms with van der Waals surface area (Å²) < 4.78 is 26.2. The molecule has 0 saturated heterocycles. The molecule has 13 heavy (non-hydrogen) atoms. The fourth-order valence-electron chi connectivity index (χ4n) is 0.887. The lowest BCUT2D eigenvalue weighted by atomic mass is 10.1. The SMILES string of the molecule is Cc1c(F)c(C(=O)O)cc(F)c1I. The summed E-state index contributed by atoms with van der Waals surface area (Å²) in [7, 11) is 0. The van der Waals surface area contributed by atoms with Gasteiger partial charge >= 0.3 is 5.97 Å². The first kappa shape index (κ1) is 10.4. The van der Waals surface area contributed by atoms with Crippen LogP contribution in [0.4, 0.5) is 8.78 Å². The Labute approximate surface area is 86.7 Å². The van der Waals surface area contributed by atoms with Gasteiger partial charge in [-0.05, 0) is 35.6 Å². The van der Waals surface area contributed by atoms with Crippen molar-refractivity contribution in [3.05, 3.63) is 32.4 Å². The monoisotopic (exact) mass is 298 g/mol. The number of hydrogen-bond acceptors (Lipinski definition) is 1. The Morgan fingerprint density at radius 1 is 1.54 bits per heavy atom. The van der Waals surface area contributed by atoms with Crippen molar-refractivity contribution in [3.63, 3.8) is 0 Å². The van der Waals surface area contributed by atoms with E-state index in [9.17, 15) is 13.6 Å². The van der Waals surface area contributed by atoms with E-state index in [2.05, 4.69) is 0 Å². The molecule has 1 aromatic rings. The van der Waals surface area contributed by atoms with Crippen LogP contribution in [0.1, 0.15) is 15.9 Å². The van der Waals surface area contributed by atoms with E-state index in [0.717, 1.165) is 0 Å². The standard InChI is InChI=1S/C8H5F2IO2/c1-3-6(10)4(8(12)13)2-5(9)7(3)11/h2H,1H3,(H,12,13). The molecule has 0 atom stereocenters. The molecule has 2 nitrogen and oxygen atoms in total. The zero-order valence-corrected chi connectivity index (χ0v) is 8.72. The third-order valence-corrected chi connectivity index (χ3v) is 2.93. The summed E-state index contributed by atoms with van der Waals surface area (Å²) in [4.78, 5) is 10.4. The Balaban J connectivity index is 3.50. The zero-order valence-electron chi connectivity index (χ0n) is 6.57. The minimum Gasteiger partial charge on any atom is -0.478 e. The molecular weight excluding hydrogens is 293 g/mol. The van der Waals surface area contributed by atoms with Crippen LogP contribution in [0.5, 0.6) is 0 Å². The van der Waals surface area contributed by atoms with E-state index in [4.69, 9.17) is 5.11 Å². The highest BCUT2D eigenvalue weighted by Crippen LogP contribution is 2.22. The Morgan fingerprint density at radius 3 is 2.54 bits per heavy atom. The lowest BCUT2D eigenvalue weighted by Crippen LogP contribution is -2.05. The minimum atomic E-state index is -1.46. The predicted molar refractivity (Wildman–Crippen MR) is 50.8 cm³/mol. The molecule has 0 aromatic heterocycles. The van der Waals surface area contributed by atoms with Gasteiger partial charge in [0.25, 0.3) is 0 Å². The van der Waals surface area contributed by atoms with Crippen molar-refractivity contribution in [3.8, 4) is 0 Å². The zero-order chi connectivity index (χ0) is 10.2. The third kappa shape index (κ3) is 1.79. The normalized spacial score (nSPS) is 10.2. The third-order valence-electron chi connectivity index (χ3n) is 1.61. The van der Waals surface area contributed by atoms with E-state index in [0.29, 0.717) is 6.07 Å². The number of benzene rings is 1. The van der Waals surface area contributed by atoms with Gasteiger partial charge in [0.05, 0.1) is 9.13 Å². The number of halogens is 3. The molecule has 0 fully saturated rings. The van der Waals surface area contributed by atoms with Gasteiger partial charge in [-0.2, -0.15) is 0 Å². The quantitative estimate of drug-likeness (QED) is 0.639. The van der Waals surface area contributed by atoms with Crippen molar-refractivity contribution >= 4 is 28.6 Å². The molecule has 0 unspecified atom stereocenters. The van der Waals surface area contributed by atoms with Gasteiger partial charge in [0.15, 0.2) is 0 Å². The highest BCUT2D eigenvalue weighted by atomic mass is 127. The van der Waals surface area contributed by atoms with Crippen LogP contribution in [0.3, 0.4) is 0 Å². The molecule has 0 heterocycles. The second kappa shape index (κ2) is 3.57. The van der Waals surface area contributed by atoms with Crippen LogP contribution in [0, 0.1) is 22.1 Å². The predicted octanol–water partition coefficient (Wildman–Crippen LogP) is 2.58. The fourth-order valence-corrected chi connectivity index (χ4v) is 1.28. The molecule has 0 bridgehead atoms. The molecule has 70 valence electrons. The molecule has 0 radical (unpaired) electrons. The summed E-state index contributed by atoms with van der Waals surface area (Å²) in [5.74, 6) is -3.05. The van der Waals surface area contributed by atoms with Gasteiger partial charge in [-0.1, -0.05) is 0 Å². The first-order chi connectivity index (χ1) is 5.95. The average molecular weight is 298 g/mol. The molecule has 0 saturated carbocycles. The van der Waals surface area contributed by atoms with E-state index >= 15 is 0 Å². The lowest BCUT2D eigenvalue weighted by molar-refractivity contribution is 0.0691. The summed E-state index contributed by atoms with van der Waals surface area (Å²) in [6.07, 6.45) is 0. The Morgan fingerprint density at radius 2 is 2.08 bits per heavy atom. The molecule has 0 aliphatic rings. The van der Waals surface area contributed by atoms with Gasteiger partial charge < -0.3 is 5.11 Å². The second-order valence-corrected chi connectivity index (χ2v) is 3.54. The smallest absolute Gasteiger partial charge is 0.338 e. The lowest BCUT2D eigenvalue weighted by Gasteiger charge is -2.04. The van der Waals surface area contributed by atoms with Crippen molar-refractivity contribution in [2.45, 2.75) is 6.92 Å². The van der Waals surface area contributed by atoms with Crippen molar-refractivity contribution in [1.29, 1.82) is 0 Å². The van der Waals surface area contributed by atoms with Gasteiger partial charge in [0, 0.05) is 5.56 Å². The number of carboxylic acid groups (broad SMARTS) is 1. The highest BCUT2D eigenvalue weighted by molar-refractivity contribution is 14.1. The average Bonchev–Trinajstić information content (AvgIpc) is 2.07. The maximum atomic E-state index is 13.1. The Bertz CT molecular complexity index is 377. The first-order valence-corrected chi connectivity index (χ1v) is 4.40. The molecule has 1 aromatic carbocycles. The largest absolute Gasteiger partial charge is 0.478 e. The van der Waals surface area contributed by atoms with Gasteiger partial charge in [0.2, 0.25) is 0 Å². The fraction of sp³-hybridized carbons (Fsp3) is 0.125. The Kier molecular flexibility index (Phi) is 2.84. The summed E-state index contributed by atoms with van der Waals surface area (Å²) in [6, 6.07) is 0.687. The summed E-state index contributed by atoms with van der Waals surface area (Å²) in [5.41, 5.74) is -0.603. The highest BCUT2D eigenvalue weighted by Gasteiger charge is 2.17. The molecule has 0 aliphatic heterocycles. The first-order valence-electron chi connectivity index (χ1n) is 3.32. The van der Waals surface area contributed by atoms with Gasteiger partial charge in [0.1, 0.15) is 11.6 Å².